The van der Waals surface area contributed by atoms with Crippen molar-refractivity contribution in [3.63, 3.8) is 0 Å². The predicted molar refractivity (Wildman–Crippen MR) is 107 cm³/mol. The highest BCUT2D eigenvalue weighted by Crippen LogP contribution is 2.23. The number of carbonyl (C=O) groups excluding carboxylic acids is 1. The van der Waals surface area contributed by atoms with Crippen LogP contribution in [0.5, 0.6) is 0 Å². The fourth-order valence-electron chi connectivity index (χ4n) is 2.53. The minimum absolute atomic E-state index is 0.0285. The number of rotatable bonds is 6. The van der Waals surface area contributed by atoms with Gasteiger partial charge in [0.1, 0.15) is 7.11 Å². The van der Waals surface area contributed by atoms with Gasteiger partial charge in [0.2, 0.25) is 5.91 Å². The number of hydrogen-bond acceptors (Lipinski definition) is 5. The molecule has 0 bridgehead atoms. The topological polar surface area (TPSA) is 100 Å². The van der Waals surface area contributed by atoms with E-state index in [0.717, 1.165) is 31.5 Å². The van der Waals surface area contributed by atoms with E-state index < -0.39 is 12.1 Å². The molecule has 0 aliphatic carbocycles. The number of nitrogens with one attached hydrogen (secondary N) is 2. The third-order valence-corrected chi connectivity index (χ3v) is 4.73. The van der Waals surface area contributed by atoms with E-state index in [0.29, 0.717) is 28.6 Å². The number of nitrogens with zero attached hydrogens (tertiary/aromatic N) is 1. The van der Waals surface area contributed by atoms with Crippen molar-refractivity contribution < 1.29 is 32.7 Å². The smallest absolute Gasteiger partial charge is 0.475 e. The van der Waals surface area contributed by atoms with Crippen LogP contribution < -0.4 is 10.6 Å². The summed E-state index contributed by atoms with van der Waals surface area (Å²) in [6, 6.07) is 5.51. The molecule has 0 spiro atoms. The molecular weight excluding hydrogens is 450 g/mol. The molecule has 2 rings (SSSR count). The van der Waals surface area contributed by atoms with Crippen molar-refractivity contribution in [2.75, 3.05) is 20.2 Å². The maximum absolute atomic E-state index is 12.1. The molecule has 1 aliphatic heterocycles. The second-order valence-electron chi connectivity index (χ2n) is 6.24. The SMILES string of the molecule is CON=C(CCC(=O)NC1CCNCC1)c1ccc(Cl)c(Cl)c1.O=C(O)C(F)(F)F. The van der Waals surface area contributed by atoms with E-state index >= 15 is 0 Å². The third-order valence-electron chi connectivity index (χ3n) is 3.99. The Morgan fingerprint density at radius 2 is 1.83 bits per heavy atom. The number of carboxylic acid groups (broad SMARTS) is 1. The lowest BCUT2D eigenvalue weighted by Gasteiger charge is -2.23. The van der Waals surface area contributed by atoms with Crippen LogP contribution in [-0.2, 0) is 14.4 Å². The first-order valence-corrected chi connectivity index (χ1v) is 9.65. The second kappa shape index (κ2) is 12.6. The molecular formula is C18H22Cl2F3N3O4. The van der Waals surface area contributed by atoms with Gasteiger partial charge in [-0.15, -0.1) is 0 Å². The number of amides is 1. The molecule has 12 heteroatoms. The van der Waals surface area contributed by atoms with Crippen LogP contribution in [-0.4, -0.2) is 55.1 Å². The monoisotopic (exact) mass is 471 g/mol. The summed E-state index contributed by atoms with van der Waals surface area (Å²) >= 11 is 12.0. The molecule has 0 radical (unpaired) electrons. The molecule has 3 N–H and O–H groups in total. The summed E-state index contributed by atoms with van der Waals surface area (Å²) in [7, 11) is 1.48. The van der Waals surface area contributed by atoms with Crippen LogP contribution in [0.2, 0.25) is 10.0 Å². The van der Waals surface area contributed by atoms with E-state index in [9.17, 15) is 18.0 Å². The average molecular weight is 472 g/mol. The summed E-state index contributed by atoms with van der Waals surface area (Å²) in [6.07, 6.45) is -2.32. The van der Waals surface area contributed by atoms with Gasteiger partial charge in [-0.05, 0) is 38.1 Å². The molecule has 0 atom stereocenters. The molecule has 0 aromatic heterocycles. The van der Waals surface area contributed by atoms with Gasteiger partial charge in [0.15, 0.2) is 0 Å². The maximum atomic E-state index is 12.1. The highest BCUT2D eigenvalue weighted by atomic mass is 35.5. The van der Waals surface area contributed by atoms with Crippen molar-refractivity contribution in [2.45, 2.75) is 37.9 Å². The van der Waals surface area contributed by atoms with Gasteiger partial charge in [0.05, 0.1) is 15.8 Å². The predicted octanol–water partition coefficient (Wildman–Crippen LogP) is 3.63. The van der Waals surface area contributed by atoms with Gasteiger partial charge in [-0.3, -0.25) is 4.79 Å². The van der Waals surface area contributed by atoms with E-state index in [1.807, 2.05) is 6.07 Å². The summed E-state index contributed by atoms with van der Waals surface area (Å²) in [4.78, 5) is 25.9. The quantitative estimate of drug-likeness (QED) is 0.434. The van der Waals surface area contributed by atoms with Crippen molar-refractivity contribution >= 4 is 40.8 Å². The van der Waals surface area contributed by atoms with Gasteiger partial charge in [-0.25, -0.2) is 4.79 Å². The number of aliphatic carboxylic acids is 1. The minimum Gasteiger partial charge on any atom is -0.475 e. The van der Waals surface area contributed by atoms with Crippen molar-refractivity contribution in [1.29, 1.82) is 0 Å². The minimum atomic E-state index is -5.08. The zero-order valence-electron chi connectivity index (χ0n) is 16.1. The van der Waals surface area contributed by atoms with Crippen LogP contribution in [0.15, 0.2) is 23.4 Å². The van der Waals surface area contributed by atoms with Crippen LogP contribution in [0, 0.1) is 0 Å². The number of halogens is 5. The van der Waals surface area contributed by atoms with Gasteiger partial charge >= 0.3 is 12.1 Å². The van der Waals surface area contributed by atoms with Gasteiger partial charge in [0.25, 0.3) is 0 Å². The van der Waals surface area contributed by atoms with Crippen molar-refractivity contribution in [1.82, 2.24) is 10.6 Å². The maximum Gasteiger partial charge on any atom is 0.490 e. The summed E-state index contributed by atoms with van der Waals surface area (Å²) in [6.45, 7) is 1.90. The number of piperidine rings is 1. The van der Waals surface area contributed by atoms with Crippen LogP contribution in [0.3, 0.4) is 0 Å². The van der Waals surface area contributed by atoms with E-state index in [4.69, 9.17) is 37.9 Å². The molecule has 1 aliphatic rings. The zero-order valence-corrected chi connectivity index (χ0v) is 17.6. The number of benzene rings is 1. The molecule has 30 heavy (non-hydrogen) atoms. The van der Waals surface area contributed by atoms with Crippen LogP contribution in [0.1, 0.15) is 31.2 Å². The molecule has 1 heterocycles. The first-order valence-electron chi connectivity index (χ1n) is 8.90. The van der Waals surface area contributed by atoms with Gasteiger partial charge in [-0.2, -0.15) is 13.2 Å². The fourth-order valence-corrected chi connectivity index (χ4v) is 2.82. The Hall–Kier alpha value is -2.04. The number of carbonyl (C=O) groups is 2. The number of carboxylic acids is 1. The lowest BCUT2D eigenvalue weighted by molar-refractivity contribution is -0.192. The molecule has 1 saturated heterocycles. The first kappa shape index (κ1) is 26.0. The van der Waals surface area contributed by atoms with Crippen LogP contribution in [0.25, 0.3) is 0 Å². The van der Waals surface area contributed by atoms with Gasteiger partial charge in [0, 0.05) is 24.4 Å². The molecule has 1 aromatic carbocycles. The zero-order chi connectivity index (χ0) is 22.7. The lowest BCUT2D eigenvalue weighted by Crippen LogP contribution is -2.42. The standard InChI is InChI=1S/C16H21Cl2N3O2.C2HF3O2/c1-23-21-15(11-2-3-13(17)14(18)10-11)4-5-16(22)20-12-6-8-19-9-7-12;3-2(4,5)1(6)7/h2-3,10,12,19H,4-9H2,1H3,(H,20,22);(H,6,7). The van der Waals surface area contributed by atoms with E-state index in [-0.39, 0.29) is 11.9 Å². The highest BCUT2D eigenvalue weighted by molar-refractivity contribution is 6.42. The van der Waals surface area contributed by atoms with E-state index in [2.05, 4.69) is 15.8 Å². The normalized spacial score (nSPS) is 15.1. The van der Waals surface area contributed by atoms with Crippen molar-refractivity contribution in [2.24, 2.45) is 5.16 Å². The highest BCUT2D eigenvalue weighted by Gasteiger charge is 2.38. The molecule has 7 nitrogen and oxygen atoms in total. The Morgan fingerprint density at radius 3 is 2.33 bits per heavy atom. The Kier molecular flexibility index (Phi) is 10.9. The molecule has 0 saturated carbocycles. The molecule has 1 amide bonds. The first-order chi connectivity index (χ1) is 14.0. The number of alkyl halides is 3. The van der Waals surface area contributed by atoms with E-state index in [1.165, 1.54) is 7.11 Å². The largest absolute Gasteiger partial charge is 0.490 e. The molecule has 168 valence electrons. The van der Waals surface area contributed by atoms with Crippen molar-refractivity contribution in [3.8, 4) is 0 Å². The number of hydrogen-bond donors (Lipinski definition) is 3. The Labute approximate surface area is 181 Å². The van der Waals surface area contributed by atoms with Gasteiger partial charge < -0.3 is 20.6 Å². The molecule has 1 aromatic rings. The van der Waals surface area contributed by atoms with E-state index in [1.54, 1.807) is 12.1 Å². The summed E-state index contributed by atoms with van der Waals surface area (Å²) < 4.78 is 31.7. The third kappa shape index (κ3) is 9.64. The molecule has 0 unspecified atom stereocenters. The summed E-state index contributed by atoms with van der Waals surface area (Å²) in [5, 5.41) is 18.4. The Balaban J connectivity index is 0.000000553. The number of oxime groups is 1. The van der Waals surface area contributed by atoms with Gasteiger partial charge in [-0.1, -0.05) is 34.4 Å². The molecule has 1 fully saturated rings. The Bertz CT molecular complexity index is 755. The summed E-state index contributed by atoms with van der Waals surface area (Å²) in [5.41, 5.74) is 1.47. The van der Waals surface area contributed by atoms with Crippen LogP contribution >= 0.6 is 23.2 Å². The second-order valence-corrected chi connectivity index (χ2v) is 7.06. The Morgan fingerprint density at radius 1 is 1.23 bits per heavy atom. The summed E-state index contributed by atoms with van der Waals surface area (Å²) in [5.74, 6) is -2.73. The van der Waals surface area contributed by atoms with Crippen molar-refractivity contribution in [3.05, 3.63) is 33.8 Å². The lowest BCUT2D eigenvalue weighted by atomic mass is 10.0. The fraction of sp³-hybridized carbons (Fsp3) is 0.500. The average Bonchev–Trinajstić information content (AvgIpc) is 2.68. The van der Waals surface area contributed by atoms with Crippen LogP contribution in [0.4, 0.5) is 13.2 Å².